The Bertz CT molecular complexity index is 697. The number of ether oxygens (including phenoxy) is 2. The van der Waals surface area contributed by atoms with Crippen molar-refractivity contribution in [2.24, 2.45) is 5.41 Å². The van der Waals surface area contributed by atoms with Crippen LogP contribution in [-0.2, 0) is 19.1 Å². The van der Waals surface area contributed by atoms with Gasteiger partial charge in [-0.1, -0.05) is 33.6 Å². The van der Waals surface area contributed by atoms with Crippen LogP contribution in [-0.4, -0.2) is 30.7 Å². The van der Waals surface area contributed by atoms with Crippen molar-refractivity contribution in [1.29, 1.82) is 0 Å². The van der Waals surface area contributed by atoms with Crippen LogP contribution >= 0.6 is 0 Å². The second-order valence-corrected chi connectivity index (χ2v) is 6.99. The van der Waals surface area contributed by atoms with Crippen LogP contribution in [0.3, 0.4) is 0 Å². The normalized spacial score (nSPS) is 16.3. The van der Waals surface area contributed by atoms with Crippen molar-refractivity contribution >= 4 is 11.6 Å². The minimum atomic E-state index is -0.555. The molecule has 0 saturated heterocycles. The predicted octanol–water partition coefficient (Wildman–Crippen LogP) is 3.73. The van der Waals surface area contributed by atoms with Crippen LogP contribution in [0.15, 0.2) is 34.4 Å². The smallest absolute Gasteiger partial charge is 0.247 e. The molecule has 0 spiro atoms. The zero-order valence-corrected chi connectivity index (χ0v) is 16.3. The summed E-state index contributed by atoms with van der Waals surface area (Å²) in [6.07, 6.45) is 4.08. The molecular weight excluding hydrogens is 338 g/mol. The minimum Gasteiger partial charge on any atom is -0.489 e. The number of nitrogens with zero attached hydrogens (tertiary/aromatic N) is 1. The van der Waals surface area contributed by atoms with E-state index >= 15 is 0 Å². The van der Waals surface area contributed by atoms with E-state index in [1.807, 2.05) is 13.8 Å². The van der Waals surface area contributed by atoms with E-state index in [0.717, 1.165) is 19.3 Å². The van der Waals surface area contributed by atoms with E-state index in [1.54, 1.807) is 6.08 Å². The summed E-state index contributed by atoms with van der Waals surface area (Å²) in [5.74, 6) is -1.44. The van der Waals surface area contributed by atoms with E-state index in [0.29, 0.717) is 0 Å². The Labute approximate surface area is 153 Å². The fourth-order valence-corrected chi connectivity index (χ4v) is 2.91. The molecule has 1 aliphatic rings. The number of hydrogen-bond donors (Lipinski definition) is 0. The average molecular weight is 365 g/mol. The zero-order chi connectivity index (χ0) is 20.1. The number of nitro groups is 1. The van der Waals surface area contributed by atoms with Crippen molar-refractivity contribution in [1.82, 2.24) is 0 Å². The third-order valence-corrected chi connectivity index (χ3v) is 4.42. The van der Waals surface area contributed by atoms with Crippen LogP contribution in [0.25, 0.3) is 0 Å². The average Bonchev–Trinajstić information content (AvgIpc) is 2.58. The van der Waals surface area contributed by atoms with Gasteiger partial charge in [0.1, 0.15) is 0 Å². The van der Waals surface area contributed by atoms with Gasteiger partial charge in [0.2, 0.25) is 28.8 Å². The monoisotopic (exact) mass is 365 g/mol. The Hall–Kier alpha value is -2.44. The molecule has 144 valence electrons. The van der Waals surface area contributed by atoms with Gasteiger partial charge >= 0.3 is 0 Å². The molecule has 0 amide bonds. The SMILES string of the molecule is CCCCC(C)(C)/C=C(\CC1=C(C)C(=O)C(OC)=C(OC)C1=O)[N+](=O)[O-]. The summed E-state index contributed by atoms with van der Waals surface area (Å²) in [4.78, 5) is 36.1. The van der Waals surface area contributed by atoms with Crippen molar-refractivity contribution in [3.8, 4) is 0 Å². The molecule has 0 aromatic heterocycles. The van der Waals surface area contributed by atoms with Gasteiger partial charge in [-0.2, -0.15) is 0 Å². The Morgan fingerprint density at radius 3 is 2.15 bits per heavy atom. The van der Waals surface area contributed by atoms with Gasteiger partial charge in [-0.25, -0.2) is 0 Å². The van der Waals surface area contributed by atoms with E-state index in [1.165, 1.54) is 21.1 Å². The van der Waals surface area contributed by atoms with Gasteiger partial charge in [-0.15, -0.1) is 0 Å². The second-order valence-electron chi connectivity index (χ2n) is 6.99. The summed E-state index contributed by atoms with van der Waals surface area (Å²) < 4.78 is 9.99. The number of hydrogen-bond acceptors (Lipinski definition) is 6. The number of carbonyl (C=O) groups excluding carboxylic acids is 2. The summed E-state index contributed by atoms with van der Waals surface area (Å²) in [6, 6.07) is 0. The lowest BCUT2D eigenvalue weighted by atomic mass is 9.84. The summed E-state index contributed by atoms with van der Waals surface area (Å²) in [5, 5.41) is 11.5. The van der Waals surface area contributed by atoms with Crippen LogP contribution < -0.4 is 0 Å². The lowest BCUT2D eigenvalue weighted by Gasteiger charge is -2.21. The molecule has 0 unspecified atom stereocenters. The molecule has 0 heterocycles. The fraction of sp³-hybridized carbons (Fsp3) is 0.579. The van der Waals surface area contributed by atoms with E-state index in [9.17, 15) is 19.7 Å². The van der Waals surface area contributed by atoms with Gasteiger partial charge in [-0.05, 0) is 24.8 Å². The van der Waals surface area contributed by atoms with E-state index in [-0.39, 0.29) is 40.2 Å². The molecule has 7 nitrogen and oxygen atoms in total. The molecule has 1 rings (SSSR count). The summed E-state index contributed by atoms with van der Waals surface area (Å²) in [7, 11) is 2.53. The number of unbranched alkanes of at least 4 members (excludes halogenated alkanes) is 1. The summed E-state index contributed by atoms with van der Waals surface area (Å²) in [6.45, 7) is 7.37. The first-order valence-corrected chi connectivity index (χ1v) is 8.57. The molecule has 0 N–H and O–H groups in total. The highest BCUT2D eigenvalue weighted by molar-refractivity contribution is 6.23. The number of ketones is 2. The van der Waals surface area contributed by atoms with Gasteiger partial charge in [0, 0.05) is 11.1 Å². The molecule has 0 aromatic rings. The van der Waals surface area contributed by atoms with Crippen LogP contribution in [0.2, 0.25) is 0 Å². The topological polar surface area (TPSA) is 95.7 Å². The highest BCUT2D eigenvalue weighted by Gasteiger charge is 2.36. The molecular formula is C19H27NO6. The van der Waals surface area contributed by atoms with Crippen LogP contribution in [0.4, 0.5) is 0 Å². The van der Waals surface area contributed by atoms with Crippen molar-refractivity contribution in [2.75, 3.05) is 14.2 Å². The largest absolute Gasteiger partial charge is 0.489 e. The maximum Gasteiger partial charge on any atom is 0.247 e. The van der Waals surface area contributed by atoms with E-state index in [2.05, 4.69) is 6.92 Å². The van der Waals surface area contributed by atoms with Gasteiger partial charge in [0.25, 0.3) is 0 Å². The maximum atomic E-state index is 12.7. The van der Waals surface area contributed by atoms with E-state index < -0.39 is 16.5 Å². The van der Waals surface area contributed by atoms with Crippen LogP contribution in [0, 0.1) is 15.5 Å². The molecule has 1 aliphatic carbocycles. The zero-order valence-electron chi connectivity index (χ0n) is 16.3. The Balaban J connectivity index is 3.28. The highest BCUT2D eigenvalue weighted by Crippen LogP contribution is 2.32. The third-order valence-electron chi connectivity index (χ3n) is 4.42. The molecule has 0 aromatic carbocycles. The number of allylic oxidation sites excluding steroid dienone is 4. The third kappa shape index (κ3) is 4.80. The first-order valence-electron chi connectivity index (χ1n) is 8.57. The fourth-order valence-electron chi connectivity index (χ4n) is 2.91. The van der Waals surface area contributed by atoms with Crippen molar-refractivity contribution < 1.29 is 24.0 Å². The predicted molar refractivity (Wildman–Crippen MR) is 96.8 cm³/mol. The minimum absolute atomic E-state index is 0.0712. The van der Waals surface area contributed by atoms with Crippen molar-refractivity contribution in [2.45, 2.75) is 53.4 Å². The van der Waals surface area contributed by atoms with Gasteiger partial charge in [-0.3, -0.25) is 19.7 Å². The highest BCUT2D eigenvalue weighted by atomic mass is 16.6. The lowest BCUT2D eigenvalue weighted by molar-refractivity contribution is -0.427. The number of Topliss-reactive ketones (excluding diaryl/α,β-unsaturated/α-hetero) is 2. The van der Waals surface area contributed by atoms with Gasteiger partial charge in [0.05, 0.1) is 25.6 Å². The molecule has 26 heavy (non-hydrogen) atoms. The van der Waals surface area contributed by atoms with E-state index in [4.69, 9.17) is 9.47 Å². The lowest BCUT2D eigenvalue weighted by Crippen LogP contribution is -2.26. The Morgan fingerprint density at radius 1 is 1.15 bits per heavy atom. The molecule has 0 saturated carbocycles. The second kappa shape index (κ2) is 8.78. The van der Waals surface area contributed by atoms with Crippen molar-refractivity contribution in [3.05, 3.63) is 44.6 Å². The van der Waals surface area contributed by atoms with Crippen LogP contribution in [0.1, 0.15) is 53.4 Å². The first kappa shape index (κ1) is 21.6. The molecule has 0 atom stereocenters. The maximum absolute atomic E-state index is 12.7. The quantitative estimate of drug-likeness (QED) is 0.351. The van der Waals surface area contributed by atoms with Gasteiger partial charge < -0.3 is 9.47 Å². The molecule has 0 bridgehead atoms. The summed E-state index contributed by atoms with van der Waals surface area (Å²) >= 11 is 0. The van der Waals surface area contributed by atoms with Crippen LogP contribution in [0.5, 0.6) is 0 Å². The molecule has 0 fully saturated rings. The molecule has 0 aliphatic heterocycles. The Morgan fingerprint density at radius 2 is 1.69 bits per heavy atom. The first-order chi connectivity index (χ1) is 12.1. The number of rotatable bonds is 9. The molecule has 7 heteroatoms. The summed E-state index contributed by atoms with van der Waals surface area (Å²) in [5.41, 5.74) is -0.266. The standard InChI is InChI=1S/C19H27NO6/c1-7-8-9-19(3,4)11-13(20(23)24)10-14-12(2)15(21)17(25-5)18(26-6)16(14)22/h11H,7-10H2,1-6H3/b13-11+. The number of methoxy groups -OCH3 is 2. The van der Waals surface area contributed by atoms with Gasteiger partial charge in [0.15, 0.2) is 0 Å². The molecule has 0 radical (unpaired) electrons. The van der Waals surface area contributed by atoms with Crippen molar-refractivity contribution in [3.63, 3.8) is 0 Å². The Kier molecular flexibility index (Phi) is 7.29. The number of carbonyl (C=O) groups is 2.